The third kappa shape index (κ3) is 5.13. The van der Waals surface area contributed by atoms with Gasteiger partial charge < -0.3 is 25.2 Å². The molecule has 0 spiro atoms. The third-order valence-corrected chi connectivity index (χ3v) is 3.48. The summed E-state index contributed by atoms with van der Waals surface area (Å²) >= 11 is 0. The number of benzene rings is 2. The van der Waals surface area contributed by atoms with Crippen molar-refractivity contribution in [2.45, 2.75) is 19.9 Å². The average Bonchev–Trinajstić information content (AvgIpc) is 2.58. The number of anilines is 1. The van der Waals surface area contributed by atoms with Crippen LogP contribution >= 0.6 is 0 Å². The van der Waals surface area contributed by atoms with Gasteiger partial charge in [0.1, 0.15) is 23.3 Å². The van der Waals surface area contributed by atoms with Crippen molar-refractivity contribution in [2.24, 2.45) is 0 Å². The number of nitrogens with one attached hydrogen (secondary N) is 2. The standard InChI is InChI=1S/C18H20N2O5/c1-11-4-7-15(24-3)10-16(11)25-14-8-5-13(6-9-14)20-17(21)12(2)19-18(22)23/h4-10,12,19H,1-3H3,(H,20,21)(H,22,23)/t12-/m1/s1. The van der Waals surface area contributed by atoms with Gasteiger partial charge in [0, 0.05) is 11.8 Å². The molecular weight excluding hydrogens is 324 g/mol. The van der Waals surface area contributed by atoms with Gasteiger partial charge >= 0.3 is 6.09 Å². The summed E-state index contributed by atoms with van der Waals surface area (Å²) in [6, 6.07) is 11.5. The fraction of sp³-hybridized carbons (Fsp3) is 0.222. The van der Waals surface area contributed by atoms with Gasteiger partial charge in [-0.3, -0.25) is 4.79 Å². The van der Waals surface area contributed by atoms with Crippen LogP contribution < -0.4 is 20.1 Å². The zero-order valence-corrected chi connectivity index (χ0v) is 14.2. The molecule has 0 saturated carbocycles. The summed E-state index contributed by atoms with van der Waals surface area (Å²) in [6.45, 7) is 3.40. The molecule has 25 heavy (non-hydrogen) atoms. The van der Waals surface area contributed by atoms with Crippen molar-refractivity contribution in [1.82, 2.24) is 5.32 Å². The molecule has 2 aromatic rings. The van der Waals surface area contributed by atoms with E-state index in [1.807, 2.05) is 19.1 Å². The zero-order valence-electron chi connectivity index (χ0n) is 14.2. The summed E-state index contributed by atoms with van der Waals surface area (Å²) in [5.41, 5.74) is 1.51. The van der Waals surface area contributed by atoms with Gasteiger partial charge in [-0.05, 0) is 49.7 Å². The van der Waals surface area contributed by atoms with Crippen LogP contribution in [0.2, 0.25) is 0 Å². The summed E-state index contributed by atoms with van der Waals surface area (Å²) in [4.78, 5) is 22.4. The van der Waals surface area contributed by atoms with E-state index < -0.39 is 18.0 Å². The molecule has 132 valence electrons. The van der Waals surface area contributed by atoms with Crippen molar-refractivity contribution in [1.29, 1.82) is 0 Å². The zero-order chi connectivity index (χ0) is 18.4. The molecular formula is C18H20N2O5. The lowest BCUT2D eigenvalue weighted by Gasteiger charge is -2.13. The number of ether oxygens (including phenoxy) is 2. The Bertz CT molecular complexity index is 759. The predicted molar refractivity (Wildman–Crippen MR) is 93.5 cm³/mol. The van der Waals surface area contributed by atoms with Crippen molar-refractivity contribution >= 4 is 17.7 Å². The van der Waals surface area contributed by atoms with Gasteiger partial charge in [0.05, 0.1) is 7.11 Å². The maximum Gasteiger partial charge on any atom is 0.405 e. The van der Waals surface area contributed by atoms with Crippen LogP contribution in [0.15, 0.2) is 42.5 Å². The first-order chi connectivity index (χ1) is 11.9. The van der Waals surface area contributed by atoms with Crippen LogP contribution in [0.5, 0.6) is 17.2 Å². The second kappa shape index (κ2) is 8.05. The van der Waals surface area contributed by atoms with Gasteiger partial charge in [-0.1, -0.05) is 6.07 Å². The van der Waals surface area contributed by atoms with Crippen LogP contribution in [0.1, 0.15) is 12.5 Å². The minimum atomic E-state index is -1.25. The van der Waals surface area contributed by atoms with E-state index in [1.54, 1.807) is 37.4 Å². The van der Waals surface area contributed by atoms with Crippen LogP contribution in [-0.2, 0) is 4.79 Å². The van der Waals surface area contributed by atoms with Gasteiger partial charge in [0.2, 0.25) is 5.91 Å². The number of amides is 2. The van der Waals surface area contributed by atoms with Crippen molar-refractivity contribution in [3.8, 4) is 17.2 Å². The van der Waals surface area contributed by atoms with Crippen molar-refractivity contribution in [3.05, 3.63) is 48.0 Å². The monoisotopic (exact) mass is 344 g/mol. The molecule has 0 heterocycles. The molecule has 0 unspecified atom stereocenters. The molecule has 3 N–H and O–H groups in total. The minimum Gasteiger partial charge on any atom is -0.497 e. The first-order valence-corrected chi connectivity index (χ1v) is 7.62. The SMILES string of the molecule is COc1ccc(C)c(Oc2ccc(NC(=O)[C@@H](C)NC(=O)O)cc2)c1. The molecule has 0 bridgehead atoms. The molecule has 0 aromatic heterocycles. The van der Waals surface area contributed by atoms with Gasteiger partial charge in [-0.15, -0.1) is 0 Å². The third-order valence-electron chi connectivity index (χ3n) is 3.48. The quantitative estimate of drug-likeness (QED) is 0.746. The minimum absolute atomic E-state index is 0.445. The topological polar surface area (TPSA) is 96.9 Å². The highest BCUT2D eigenvalue weighted by Crippen LogP contribution is 2.29. The van der Waals surface area contributed by atoms with E-state index in [1.165, 1.54) is 6.92 Å². The highest BCUT2D eigenvalue weighted by atomic mass is 16.5. The summed E-state index contributed by atoms with van der Waals surface area (Å²) in [5.74, 6) is 1.53. The normalized spacial score (nSPS) is 11.3. The van der Waals surface area contributed by atoms with Crippen molar-refractivity contribution in [2.75, 3.05) is 12.4 Å². The lowest BCUT2D eigenvalue weighted by Crippen LogP contribution is -2.40. The Balaban J connectivity index is 2.03. The molecule has 0 saturated heterocycles. The Kier molecular flexibility index (Phi) is 5.84. The molecule has 2 aromatic carbocycles. The lowest BCUT2D eigenvalue weighted by molar-refractivity contribution is -0.117. The molecule has 7 nitrogen and oxygen atoms in total. The van der Waals surface area contributed by atoms with Gasteiger partial charge in [-0.2, -0.15) is 0 Å². The van der Waals surface area contributed by atoms with E-state index in [0.717, 1.165) is 5.56 Å². The predicted octanol–water partition coefficient (Wildman–Crippen LogP) is 3.39. The van der Waals surface area contributed by atoms with E-state index in [2.05, 4.69) is 10.6 Å². The molecule has 2 amide bonds. The van der Waals surface area contributed by atoms with Crippen LogP contribution in [0.25, 0.3) is 0 Å². The first-order valence-electron chi connectivity index (χ1n) is 7.62. The Hall–Kier alpha value is -3.22. The van der Waals surface area contributed by atoms with Crippen LogP contribution in [-0.4, -0.2) is 30.3 Å². The van der Waals surface area contributed by atoms with E-state index >= 15 is 0 Å². The van der Waals surface area contributed by atoms with Gasteiger partial charge in [-0.25, -0.2) is 4.79 Å². The van der Waals surface area contributed by atoms with Crippen LogP contribution in [0.4, 0.5) is 10.5 Å². The fourth-order valence-electron chi connectivity index (χ4n) is 2.05. The molecule has 0 fully saturated rings. The first kappa shape index (κ1) is 18.1. The molecule has 0 aliphatic heterocycles. The van der Waals surface area contributed by atoms with Crippen LogP contribution in [0, 0.1) is 6.92 Å². The number of carbonyl (C=O) groups excluding carboxylic acids is 1. The van der Waals surface area contributed by atoms with Crippen molar-refractivity contribution < 1.29 is 24.2 Å². The molecule has 7 heteroatoms. The van der Waals surface area contributed by atoms with Gasteiger partial charge in [0.15, 0.2) is 0 Å². The maximum atomic E-state index is 11.9. The van der Waals surface area contributed by atoms with Crippen LogP contribution in [0.3, 0.4) is 0 Å². The lowest BCUT2D eigenvalue weighted by atomic mass is 10.2. The molecule has 2 rings (SSSR count). The number of aryl methyl sites for hydroxylation is 1. The molecule has 1 atom stereocenters. The molecule has 0 aliphatic carbocycles. The van der Waals surface area contributed by atoms with E-state index in [-0.39, 0.29) is 0 Å². The average molecular weight is 344 g/mol. The second-order valence-corrected chi connectivity index (χ2v) is 5.42. The summed E-state index contributed by atoms with van der Waals surface area (Å²) in [7, 11) is 1.59. The Labute approximate surface area is 145 Å². The highest BCUT2D eigenvalue weighted by molar-refractivity contribution is 5.96. The van der Waals surface area contributed by atoms with E-state index in [9.17, 15) is 9.59 Å². The largest absolute Gasteiger partial charge is 0.497 e. The number of carbonyl (C=O) groups is 2. The van der Waals surface area contributed by atoms with Crippen molar-refractivity contribution in [3.63, 3.8) is 0 Å². The Morgan fingerprint density at radius 1 is 1.08 bits per heavy atom. The van der Waals surface area contributed by atoms with E-state index in [4.69, 9.17) is 14.6 Å². The summed E-state index contributed by atoms with van der Waals surface area (Å²) in [5, 5.41) is 13.3. The Morgan fingerprint density at radius 2 is 1.72 bits per heavy atom. The second-order valence-electron chi connectivity index (χ2n) is 5.42. The Morgan fingerprint density at radius 3 is 2.32 bits per heavy atom. The number of methoxy groups -OCH3 is 1. The highest BCUT2D eigenvalue weighted by Gasteiger charge is 2.14. The fourth-order valence-corrected chi connectivity index (χ4v) is 2.05. The molecule has 0 radical (unpaired) electrons. The maximum absolute atomic E-state index is 11.9. The van der Waals surface area contributed by atoms with Gasteiger partial charge in [0.25, 0.3) is 0 Å². The summed E-state index contributed by atoms with van der Waals surface area (Å²) in [6.07, 6.45) is -1.25. The smallest absolute Gasteiger partial charge is 0.405 e. The van der Waals surface area contributed by atoms with E-state index in [0.29, 0.717) is 22.9 Å². The number of hydrogen-bond acceptors (Lipinski definition) is 4. The number of carboxylic acid groups (broad SMARTS) is 1. The number of rotatable bonds is 6. The molecule has 0 aliphatic rings. The summed E-state index contributed by atoms with van der Waals surface area (Å²) < 4.78 is 11.0. The number of hydrogen-bond donors (Lipinski definition) is 3.